The molecular weight excluding hydrogens is 190 g/mol. The van der Waals surface area contributed by atoms with Crippen LogP contribution in [0.5, 0.6) is 0 Å². The van der Waals surface area contributed by atoms with Gasteiger partial charge < -0.3 is 0 Å². The van der Waals surface area contributed by atoms with Crippen LogP contribution in [0, 0.1) is 5.41 Å². The zero-order valence-electron chi connectivity index (χ0n) is 9.14. The Hall–Kier alpha value is -0.280. The molecule has 0 aliphatic carbocycles. The van der Waals surface area contributed by atoms with Crippen LogP contribution in [-0.2, 0) is 9.63 Å². The van der Waals surface area contributed by atoms with Gasteiger partial charge in [-0.1, -0.05) is 20.8 Å². The SMILES string of the molecule is CC(C)(C)ON(Cl)C(=O)C(C)(C)C. The normalized spacial score (nSPS) is 12.8. The molecule has 0 saturated carbocycles. The molecule has 0 fully saturated rings. The molecule has 1 amide bonds. The monoisotopic (exact) mass is 207 g/mol. The Morgan fingerprint density at radius 2 is 1.54 bits per heavy atom. The van der Waals surface area contributed by atoms with Crippen LogP contribution in [0.3, 0.4) is 0 Å². The number of hydrogen-bond donors (Lipinski definition) is 0. The molecule has 0 aliphatic heterocycles. The molecule has 0 radical (unpaired) electrons. The lowest BCUT2D eigenvalue weighted by atomic mass is 9.96. The summed E-state index contributed by atoms with van der Waals surface area (Å²) in [7, 11) is 0. The Balaban J connectivity index is 4.30. The van der Waals surface area contributed by atoms with E-state index in [9.17, 15) is 4.79 Å². The third-order valence-corrected chi connectivity index (χ3v) is 1.38. The maximum Gasteiger partial charge on any atom is 0.267 e. The quantitative estimate of drug-likeness (QED) is 0.489. The number of carbonyl (C=O) groups excluding carboxylic acids is 1. The van der Waals surface area contributed by atoms with Crippen LogP contribution in [0.2, 0.25) is 0 Å². The van der Waals surface area contributed by atoms with Crippen LogP contribution >= 0.6 is 11.8 Å². The number of amides is 1. The standard InChI is InChI=1S/C9H18ClNO2/c1-8(2,3)7(12)11(10)13-9(4,5)6/h1-6H3. The van der Waals surface area contributed by atoms with Gasteiger partial charge in [-0.3, -0.25) is 4.79 Å². The van der Waals surface area contributed by atoms with E-state index < -0.39 is 11.0 Å². The molecule has 78 valence electrons. The lowest BCUT2D eigenvalue weighted by Gasteiger charge is -2.28. The van der Waals surface area contributed by atoms with Gasteiger partial charge in [0.25, 0.3) is 5.91 Å². The molecule has 0 unspecified atom stereocenters. The highest BCUT2D eigenvalue weighted by atomic mass is 35.5. The summed E-state index contributed by atoms with van der Waals surface area (Å²) in [6.07, 6.45) is 0. The molecule has 0 aromatic rings. The smallest absolute Gasteiger partial charge is 0.267 e. The topological polar surface area (TPSA) is 29.5 Å². The van der Waals surface area contributed by atoms with Crippen molar-refractivity contribution >= 4 is 17.7 Å². The number of nitrogens with zero attached hydrogens (tertiary/aromatic N) is 1. The predicted octanol–water partition coefficient (Wildman–Crippen LogP) is 2.75. The molecule has 0 spiro atoms. The van der Waals surface area contributed by atoms with Gasteiger partial charge in [0.05, 0.1) is 5.60 Å². The third kappa shape index (κ3) is 5.11. The van der Waals surface area contributed by atoms with Crippen molar-refractivity contribution in [1.82, 2.24) is 4.58 Å². The number of halogens is 1. The van der Waals surface area contributed by atoms with E-state index in [0.29, 0.717) is 0 Å². The molecule has 13 heavy (non-hydrogen) atoms. The molecule has 0 atom stereocenters. The summed E-state index contributed by atoms with van der Waals surface area (Å²) in [5.74, 6) is -0.246. The summed E-state index contributed by atoms with van der Waals surface area (Å²) in [4.78, 5) is 16.7. The average molecular weight is 208 g/mol. The van der Waals surface area contributed by atoms with E-state index in [-0.39, 0.29) is 5.91 Å². The van der Waals surface area contributed by atoms with Gasteiger partial charge in [-0.05, 0) is 20.8 Å². The predicted molar refractivity (Wildman–Crippen MR) is 53.0 cm³/mol. The molecule has 0 N–H and O–H groups in total. The Bertz CT molecular complexity index is 191. The average Bonchev–Trinajstić information content (AvgIpc) is 1.79. The number of carbonyl (C=O) groups is 1. The molecule has 0 heterocycles. The van der Waals surface area contributed by atoms with Gasteiger partial charge in [0.1, 0.15) is 0 Å². The van der Waals surface area contributed by atoms with Crippen molar-refractivity contribution in [1.29, 1.82) is 0 Å². The summed E-state index contributed by atoms with van der Waals surface area (Å²) in [5.41, 5.74) is -0.977. The van der Waals surface area contributed by atoms with Gasteiger partial charge in [0, 0.05) is 17.2 Å². The minimum Gasteiger partial charge on any atom is -0.271 e. The van der Waals surface area contributed by atoms with Gasteiger partial charge in [0.2, 0.25) is 0 Å². The zero-order valence-corrected chi connectivity index (χ0v) is 9.90. The van der Waals surface area contributed by atoms with Crippen molar-refractivity contribution in [3.05, 3.63) is 0 Å². The summed E-state index contributed by atoms with van der Waals surface area (Å²) >= 11 is 5.66. The Morgan fingerprint density at radius 3 is 1.77 bits per heavy atom. The lowest BCUT2D eigenvalue weighted by Crippen LogP contribution is -2.38. The van der Waals surface area contributed by atoms with Crippen LogP contribution in [0.25, 0.3) is 0 Å². The van der Waals surface area contributed by atoms with Crippen LogP contribution in [0.15, 0.2) is 0 Å². The minimum atomic E-state index is -0.521. The van der Waals surface area contributed by atoms with Crippen LogP contribution in [-0.4, -0.2) is 16.1 Å². The zero-order chi connectivity index (χ0) is 10.9. The van der Waals surface area contributed by atoms with Gasteiger partial charge in [-0.2, -0.15) is 0 Å². The second kappa shape index (κ2) is 3.84. The van der Waals surface area contributed by atoms with E-state index in [1.807, 2.05) is 20.8 Å². The number of rotatable bonds is 1. The first-order valence-electron chi connectivity index (χ1n) is 4.23. The number of hydrogen-bond acceptors (Lipinski definition) is 2. The fraction of sp³-hybridized carbons (Fsp3) is 0.889. The molecule has 0 aromatic carbocycles. The molecule has 0 aliphatic rings. The van der Waals surface area contributed by atoms with E-state index in [0.717, 1.165) is 4.58 Å². The van der Waals surface area contributed by atoms with Crippen molar-refractivity contribution in [3.8, 4) is 0 Å². The molecular formula is C9H18ClNO2. The Labute approximate surface area is 85.1 Å². The van der Waals surface area contributed by atoms with Crippen molar-refractivity contribution in [3.63, 3.8) is 0 Å². The maximum atomic E-state index is 11.5. The summed E-state index contributed by atoms with van der Waals surface area (Å²) in [6, 6.07) is 0. The first kappa shape index (κ1) is 12.7. The van der Waals surface area contributed by atoms with E-state index in [4.69, 9.17) is 16.6 Å². The maximum absolute atomic E-state index is 11.5. The van der Waals surface area contributed by atoms with Crippen molar-refractivity contribution < 1.29 is 9.63 Å². The van der Waals surface area contributed by atoms with Crippen LogP contribution in [0.1, 0.15) is 41.5 Å². The van der Waals surface area contributed by atoms with Gasteiger partial charge in [-0.15, -0.1) is 4.58 Å². The fourth-order valence-electron chi connectivity index (χ4n) is 0.546. The highest BCUT2D eigenvalue weighted by Gasteiger charge is 2.30. The van der Waals surface area contributed by atoms with Crippen molar-refractivity contribution in [2.24, 2.45) is 5.41 Å². The Morgan fingerprint density at radius 1 is 1.15 bits per heavy atom. The Kier molecular flexibility index (Phi) is 3.76. The van der Waals surface area contributed by atoms with Crippen LogP contribution in [0.4, 0.5) is 0 Å². The largest absolute Gasteiger partial charge is 0.271 e. The van der Waals surface area contributed by atoms with Gasteiger partial charge >= 0.3 is 0 Å². The molecule has 3 nitrogen and oxygen atoms in total. The number of hydroxylamine groups is 1. The highest BCUT2D eigenvalue weighted by Crippen LogP contribution is 2.22. The molecule has 0 aromatic heterocycles. The van der Waals surface area contributed by atoms with Gasteiger partial charge in [0.15, 0.2) is 0 Å². The van der Waals surface area contributed by atoms with E-state index in [2.05, 4.69) is 0 Å². The highest BCUT2D eigenvalue weighted by molar-refractivity contribution is 6.20. The van der Waals surface area contributed by atoms with Gasteiger partial charge in [-0.25, -0.2) is 4.84 Å². The minimum absolute atomic E-state index is 0.246. The van der Waals surface area contributed by atoms with E-state index in [1.54, 1.807) is 20.8 Å². The van der Waals surface area contributed by atoms with Crippen molar-refractivity contribution in [2.75, 3.05) is 0 Å². The third-order valence-electron chi connectivity index (χ3n) is 1.16. The molecule has 0 rings (SSSR count). The van der Waals surface area contributed by atoms with E-state index >= 15 is 0 Å². The molecule has 4 heteroatoms. The lowest BCUT2D eigenvalue weighted by molar-refractivity contribution is -0.196. The second-order valence-corrected chi connectivity index (χ2v) is 5.31. The summed E-state index contributed by atoms with van der Waals surface area (Å²) in [6.45, 7) is 10.9. The summed E-state index contributed by atoms with van der Waals surface area (Å²) in [5, 5.41) is 0. The molecule has 0 saturated heterocycles. The fourth-order valence-corrected chi connectivity index (χ4v) is 1.01. The first-order valence-corrected chi connectivity index (χ1v) is 4.57. The molecule has 0 bridgehead atoms. The van der Waals surface area contributed by atoms with E-state index in [1.165, 1.54) is 0 Å². The second-order valence-electron chi connectivity index (χ2n) is 5.00. The summed E-state index contributed by atoms with van der Waals surface area (Å²) < 4.78 is 0.792. The van der Waals surface area contributed by atoms with Crippen molar-refractivity contribution in [2.45, 2.75) is 47.1 Å². The van der Waals surface area contributed by atoms with Crippen LogP contribution < -0.4 is 0 Å². The first-order chi connectivity index (χ1) is 5.54.